The highest BCUT2D eigenvalue weighted by Gasteiger charge is 2.45. The monoisotopic (exact) mass is 515 g/mol. The number of H-pyrrole nitrogens is 1. The fourth-order valence-corrected chi connectivity index (χ4v) is 5.13. The number of pyridine rings is 1. The van der Waals surface area contributed by atoms with Crippen molar-refractivity contribution in [1.29, 1.82) is 5.26 Å². The minimum absolute atomic E-state index is 0.159. The number of nitrogens with zero attached hydrogens (tertiary/aromatic N) is 5. The van der Waals surface area contributed by atoms with Gasteiger partial charge in [-0.2, -0.15) is 23.5 Å². The van der Waals surface area contributed by atoms with Crippen LogP contribution in [-0.4, -0.2) is 77.2 Å². The predicted octanol–water partition coefficient (Wildman–Crippen LogP) is 3.42. The van der Waals surface area contributed by atoms with Gasteiger partial charge in [-0.3, -0.25) is 14.4 Å². The van der Waals surface area contributed by atoms with Gasteiger partial charge < -0.3 is 19.9 Å². The van der Waals surface area contributed by atoms with E-state index in [0.717, 1.165) is 0 Å². The fraction of sp³-hybridized carbons (Fsp3) is 0.480. The van der Waals surface area contributed by atoms with E-state index in [1.807, 2.05) is 11.9 Å². The second kappa shape index (κ2) is 10.2. The van der Waals surface area contributed by atoms with Gasteiger partial charge in [0, 0.05) is 44.7 Å². The first-order valence-electron chi connectivity index (χ1n) is 12.2. The number of piperazine rings is 1. The first-order valence-corrected chi connectivity index (χ1v) is 12.2. The lowest BCUT2D eigenvalue weighted by molar-refractivity contribution is -0.190. The topological polar surface area (TPSA) is 102 Å². The normalized spacial score (nSPS) is 22.6. The molecule has 4 heterocycles. The average molecular weight is 516 g/mol. The smallest absolute Gasteiger partial charge is 0.379 e. The van der Waals surface area contributed by atoms with Crippen LogP contribution >= 0.6 is 0 Å². The number of halogens is 3. The lowest BCUT2D eigenvalue weighted by Gasteiger charge is -2.38. The lowest BCUT2D eigenvalue weighted by atomic mass is 9.96. The molecule has 2 aliphatic heterocycles. The number of ether oxygens (including phenoxy) is 1. The fourth-order valence-electron chi connectivity index (χ4n) is 5.13. The SMILES string of the molecule is CN1CCN(C(c2ccc(Nc3nn([C@H]4COCCC4C#N)c4cc[nH]c(=O)c34)cc2)C(F)(F)F)CC1. The zero-order valence-electron chi connectivity index (χ0n) is 20.3. The van der Waals surface area contributed by atoms with Crippen LogP contribution in [0.15, 0.2) is 41.3 Å². The molecular formula is C25H28F3N7O2. The molecule has 0 bridgehead atoms. The summed E-state index contributed by atoms with van der Waals surface area (Å²) < 4.78 is 49.3. The second-order valence-electron chi connectivity index (χ2n) is 9.56. The van der Waals surface area contributed by atoms with Crippen LogP contribution in [0.25, 0.3) is 10.9 Å². The highest BCUT2D eigenvalue weighted by atomic mass is 19.4. The highest BCUT2D eigenvalue weighted by Crippen LogP contribution is 2.39. The van der Waals surface area contributed by atoms with Crippen molar-refractivity contribution in [2.75, 3.05) is 51.8 Å². The van der Waals surface area contributed by atoms with Crippen molar-refractivity contribution < 1.29 is 17.9 Å². The Morgan fingerprint density at radius 2 is 1.92 bits per heavy atom. The molecule has 0 saturated carbocycles. The van der Waals surface area contributed by atoms with Crippen molar-refractivity contribution >= 4 is 22.4 Å². The molecule has 2 aromatic heterocycles. The molecule has 0 spiro atoms. The Kier molecular flexibility index (Phi) is 6.94. The summed E-state index contributed by atoms with van der Waals surface area (Å²) in [6.45, 7) is 2.60. The van der Waals surface area contributed by atoms with Crippen molar-refractivity contribution in [1.82, 2.24) is 24.6 Å². The van der Waals surface area contributed by atoms with Gasteiger partial charge in [-0.05, 0) is 37.2 Å². The number of benzene rings is 1. The van der Waals surface area contributed by atoms with Gasteiger partial charge in [0.1, 0.15) is 11.4 Å². The number of nitrogens with one attached hydrogen (secondary N) is 2. The number of hydrogen-bond acceptors (Lipinski definition) is 7. The highest BCUT2D eigenvalue weighted by molar-refractivity contribution is 5.91. The molecule has 2 saturated heterocycles. The summed E-state index contributed by atoms with van der Waals surface area (Å²) in [6.07, 6.45) is -2.34. The number of rotatable bonds is 5. The van der Waals surface area contributed by atoms with Gasteiger partial charge >= 0.3 is 6.18 Å². The van der Waals surface area contributed by atoms with Crippen molar-refractivity contribution in [3.8, 4) is 6.07 Å². The molecule has 2 aliphatic rings. The number of hydrogen-bond donors (Lipinski definition) is 2. The van der Waals surface area contributed by atoms with E-state index >= 15 is 0 Å². The third-order valence-electron chi connectivity index (χ3n) is 7.14. The molecule has 5 rings (SSSR count). The zero-order chi connectivity index (χ0) is 26.2. The van der Waals surface area contributed by atoms with Gasteiger partial charge in [0.15, 0.2) is 5.82 Å². The Labute approximate surface area is 211 Å². The van der Waals surface area contributed by atoms with Crippen LogP contribution in [0, 0.1) is 17.2 Å². The van der Waals surface area contributed by atoms with Crippen LogP contribution < -0.4 is 10.9 Å². The average Bonchev–Trinajstić information content (AvgIpc) is 3.25. The summed E-state index contributed by atoms with van der Waals surface area (Å²) in [5.41, 5.74) is 0.841. The first-order chi connectivity index (χ1) is 17.8. The van der Waals surface area contributed by atoms with E-state index in [4.69, 9.17) is 4.74 Å². The molecule has 37 heavy (non-hydrogen) atoms. The molecule has 12 heteroatoms. The third-order valence-corrected chi connectivity index (χ3v) is 7.14. The number of fused-ring (bicyclic) bond motifs is 1. The van der Waals surface area contributed by atoms with E-state index in [0.29, 0.717) is 62.4 Å². The minimum Gasteiger partial charge on any atom is -0.379 e. The van der Waals surface area contributed by atoms with Gasteiger partial charge in [-0.25, -0.2) is 0 Å². The number of nitriles is 1. The summed E-state index contributed by atoms with van der Waals surface area (Å²) in [4.78, 5) is 18.8. The third kappa shape index (κ3) is 5.07. The molecule has 2 fully saturated rings. The predicted molar refractivity (Wildman–Crippen MR) is 132 cm³/mol. The van der Waals surface area contributed by atoms with Gasteiger partial charge in [0.25, 0.3) is 5.56 Å². The molecule has 2 unspecified atom stereocenters. The Bertz CT molecular complexity index is 1340. The van der Waals surface area contributed by atoms with Crippen molar-refractivity contribution in [2.24, 2.45) is 5.92 Å². The van der Waals surface area contributed by atoms with Crippen molar-refractivity contribution in [3.63, 3.8) is 0 Å². The van der Waals surface area contributed by atoms with Crippen LogP contribution in [0.3, 0.4) is 0 Å². The van der Waals surface area contributed by atoms with Crippen molar-refractivity contribution in [3.05, 3.63) is 52.4 Å². The number of likely N-dealkylation sites (N-methyl/N-ethyl adjacent to an activating group) is 1. The summed E-state index contributed by atoms with van der Waals surface area (Å²) in [7, 11) is 1.90. The van der Waals surface area contributed by atoms with Gasteiger partial charge in [0.05, 0.1) is 30.2 Å². The molecular weight excluding hydrogens is 487 g/mol. The quantitative estimate of drug-likeness (QED) is 0.537. The summed E-state index contributed by atoms with van der Waals surface area (Å²) in [6, 6.07) is 8.01. The largest absolute Gasteiger partial charge is 0.408 e. The van der Waals surface area contributed by atoms with E-state index < -0.39 is 12.2 Å². The number of aromatic nitrogens is 3. The van der Waals surface area contributed by atoms with E-state index in [1.165, 1.54) is 23.2 Å². The first kappa shape index (κ1) is 25.3. The molecule has 3 aromatic rings. The molecule has 196 valence electrons. The van der Waals surface area contributed by atoms with E-state index in [-0.39, 0.29) is 28.9 Å². The molecule has 0 amide bonds. The lowest BCUT2D eigenvalue weighted by Crippen LogP contribution is -2.49. The number of anilines is 2. The summed E-state index contributed by atoms with van der Waals surface area (Å²) in [5, 5.41) is 17.6. The Morgan fingerprint density at radius 3 is 2.59 bits per heavy atom. The van der Waals surface area contributed by atoms with E-state index in [9.17, 15) is 23.2 Å². The van der Waals surface area contributed by atoms with E-state index in [1.54, 1.807) is 22.9 Å². The minimum atomic E-state index is -4.41. The second-order valence-corrected chi connectivity index (χ2v) is 9.56. The molecule has 3 atom stereocenters. The Morgan fingerprint density at radius 1 is 1.19 bits per heavy atom. The van der Waals surface area contributed by atoms with Crippen LogP contribution in [0.1, 0.15) is 24.1 Å². The maximum Gasteiger partial charge on any atom is 0.408 e. The molecule has 1 aromatic carbocycles. The number of alkyl halides is 3. The molecule has 9 nitrogen and oxygen atoms in total. The Hall–Kier alpha value is -3.40. The van der Waals surface area contributed by atoms with Gasteiger partial charge in [0.2, 0.25) is 0 Å². The number of aromatic amines is 1. The van der Waals surface area contributed by atoms with Crippen LogP contribution in [0.5, 0.6) is 0 Å². The van der Waals surface area contributed by atoms with Crippen LogP contribution in [-0.2, 0) is 4.74 Å². The molecule has 0 aliphatic carbocycles. The van der Waals surface area contributed by atoms with Gasteiger partial charge in [-0.1, -0.05) is 12.1 Å². The summed E-state index contributed by atoms with van der Waals surface area (Å²) >= 11 is 0. The Balaban J connectivity index is 1.44. The van der Waals surface area contributed by atoms with Gasteiger partial charge in [-0.15, -0.1) is 0 Å². The van der Waals surface area contributed by atoms with E-state index in [2.05, 4.69) is 21.5 Å². The maximum absolute atomic E-state index is 14.0. The standard InChI is InChI=1S/C25H28F3N7O2/c1-33-9-11-34(12-10-33)22(25(26,27)28)16-2-4-18(5-3-16)31-23-21-19(6-8-30-24(21)36)35(32-23)20-15-37-13-7-17(20)14-29/h2-6,8,17,20,22H,7,9-13,15H2,1H3,(H,30,36)(H,31,32)/t17?,20-,22?/m0/s1. The molecule has 0 radical (unpaired) electrons. The zero-order valence-corrected chi connectivity index (χ0v) is 20.3. The molecule has 2 N–H and O–H groups in total. The van der Waals surface area contributed by atoms with Crippen molar-refractivity contribution in [2.45, 2.75) is 24.7 Å². The van der Waals surface area contributed by atoms with Crippen LogP contribution in [0.4, 0.5) is 24.7 Å². The maximum atomic E-state index is 14.0. The summed E-state index contributed by atoms with van der Waals surface area (Å²) in [5.74, 6) is -0.0598. The van der Waals surface area contributed by atoms with Crippen LogP contribution in [0.2, 0.25) is 0 Å².